The second-order valence-corrected chi connectivity index (χ2v) is 3.64. The maximum absolute atomic E-state index is 2.41. The van der Waals surface area contributed by atoms with Crippen LogP contribution in [0.5, 0.6) is 0 Å². The highest BCUT2D eigenvalue weighted by atomic mass is 14.2. The van der Waals surface area contributed by atoms with Crippen molar-refractivity contribution >= 4 is 0 Å². The Kier molecular flexibility index (Phi) is 6.14. The van der Waals surface area contributed by atoms with Gasteiger partial charge in [-0.15, -0.1) is 0 Å². The summed E-state index contributed by atoms with van der Waals surface area (Å²) in [6.45, 7) is 10.9. The molecule has 1 rings (SSSR count). The summed E-state index contributed by atoms with van der Waals surface area (Å²) in [5.41, 5.74) is 1.59. The van der Waals surface area contributed by atoms with Crippen LogP contribution in [0.4, 0.5) is 0 Å². The van der Waals surface area contributed by atoms with E-state index in [0.29, 0.717) is 0 Å². The van der Waals surface area contributed by atoms with Crippen molar-refractivity contribution < 1.29 is 0 Å². The fourth-order valence-corrected chi connectivity index (χ4v) is 1.91. The summed E-state index contributed by atoms with van der Waals surface area (Å²) in [4.78, 5) is 0. The Labute approximate surface area is 78.1 Å². The average molecular weight is 168 g/mol. The van der Waals surface area contributed by atoms with Gasteiger partial charge in [0, 0.05) is 0 Å². The van der Waals surface area contributed by atoms with Gasteiger partial charge in [-0.1, -0.05) is 45.8 Å². The Morgan fingerprint density at radius 3 is 2.42 bits per heavy atom. The first kappa shape index (κ1) is 11.7. The molecular formula is C12H24. The van der Waals surface area contributed by atoms with Crippen LogP contribution in [0, 0.1) is 11.8 Å². The van der Waals surface area contributed by atoms with Gasteiger partial charge in [-0.2, -0.15) is 0 Å². The van der Waals surface area contributed by atoms with Gasteiger partial charge in [0.2, 0.25) is 0 Å². The lowest BCUT2D eigenvalue weighted by molar-refractivity contribution is 0.331. The molecule has 0 radical (unpaired) electrons. The third-order valence-corrected chi connectivity index (χ3v) is 2.74. The average Bonchev–Trinajstić information content (AvgIpc) is 2.08. The Balaban J connectivity index is 0.000000561. The maximum Gasteiger partial charge on any atom is -0.0294 e. The topological polar surface area (TPSA) is 0 Å². The Bertz CT molecular complexity index is 133. The zero-order valence-corrected chi connectivity index (χ0v) is 9.35. The van der Waals surface area contributed by atoms with Gasteiger partial charge in [-0.3, -0.25) is 0 Å². The van der Waals surface area contributed by atoms with Gasteiger partial charge in [0.1, 0.15) is 0 Å². The first-order valence-electron chi connectivity index (χ1n) is 5.39. The minimum atomic E-state index is 0.926. The number of rotatable bonds is 1. The molecule has 0 aliphatic heterocycles. The van der Waals surface area contributed by atoms with Crippen molar-refractivity contribution in [1.29, 1.82) is 0 Å². The standard InChI is InChI=1S/C10H18.C2H6/c1-4-10-6-5-8(2)7-9(10)3;1-2/h5,9-10H,4,6-7H2,1-3H3;1-2H3/t9-,10?;/m1./s1. The lowest BCUT2D eigenvalue weighted by atomic mass is 9.80. The smallest absolute Gasteiger partial charge is 0.0294 e. The molecule has 0 aromatic heterocycles. The van der Waals surface area contributed by atoms with Crippen molar-refractivity contribution in [3.8, 4) is 0 Å². The second-order valence-electron chi connectivity index (χ2n) is 3.64. The van der Waals surface area contributed by atoms with E-state index >= 15 is 0 Å². The molecule has 0 bridgehead atoms. The molecule has 2 atom stereocenters. The van der Waals surface area contributed by atoms with E-state index in [0.717, 1.165) is 11.8 Å². The summed E-state index contributed by atoms with van der Waals surface area (Å²) in [6, 6.07) is 0. The van der Waals surface area contributed by atoms with Crippen molar-refractivity contribution in [3.63, 3.8) is 0 Å². The van der Waals surface area contributed by atoms with E-state index in [-0.39, 0.29) is 0 Å². The quantitative estimate of drug-likeness (QED) is 0.509. The zero-order chi connectivity index (χ0) is 9.56. The fourth-order valence-electron chi connectivity index (χ4n) is 1.91. The van der Waals surface area contributed by atoms with Gasteiger partial charge < -0.3 is 0 Å². The van der Waals surface area contributed by atoms with Crippen LogP contribution in [0.3, 0.4) is 0 Å². The molecule has 0 spiro atoms. The van der Waals surface area contributed by atoms with Crippen LogP contribution in [0.1, 0.15) is 53.9 Å². The van der Waals surface area contributed by atoms with E-state index < -0.39 is 0 Å². The third kappa shape index (κ3) is 3.42. The largest absolute Gasteiger partial charge is 0.0853 e. The first-order chi connectivity index (χ1) is 5.74. The monoisotopic (exact) mass is 168 g/mol. The predicted molar refractivity (Wildman–Crippen MR) is 57.3 cm³/mol. The lowest BCUT2D eigenvalue weighted by Crippen LogP contribution is -2.14. The maximum atomic E-state index is 2.41. The molecule has 0 aromatic rings. The van der Waals surface area contributed by atoms with Gasteiger partial charge in [-0.05, 0) is 31.6 Å². The van der Waals surface area contributed by atoms with E-state index in [1.165, 1.54) is 19.3 Å². The molecule has 0 fully saturated rings. The Hall–Kier alpha value is -0.260. The molecule has 0 heterocycles. The molecule has 1 aliphatic carbocycles. The summed E-state index contributed by atoms with van der Waals surface area (Å²) in [5, 5.41) is 0. The molecule has 1 unspecified atom stereocenters. The zero-order valence-electron chi connectivity index (χ0n) is 9.35. The van der Waals surface area contributed by atoms with Gasteiger partial charge in [0.05, 0.1) is 0 Å². The van der Waals surface area contributed by atoms with Crippen molar-refractivity contribution in [2.24, 2.45) is 11.8 Å². The van der Waals surface area contributed by atoms with Crippen molar-refractivity contribution in [3.05, 3.63) is 11.6 Å². The molecule has 0 amide bonds. The van der Waals surface area contributed by atoms with Crippen LogP contribution in [0.15, 0.2) is 11.6 Å². The first-order valence-corrected chi connectivity index (χ1v) is 5.39. The van der Waals surface area contributed by atoms with E-state index in [4.69, 9.17) is 0 Å². The summed E-state index contributed by atoms with van der Waals surface area (Å²) < 4.78 is 0. The highest BCUT2D eigenvalue weighted by molar-refractivity contribution is 5.04. The van der Waals surface area contributed by atoms with Gasteiger partial charge in [0.25, 0.3) is 0 Å². The normalized spacial score (nSPS) is 28.6. The highest BCUT2D eigenvalue weighted by Gasteiger charge is 2.18. The van der Waals surface area contributed by atoms with Crippen LogP contribution < -0.4 is 0 Å². The van der Waals surface area contributed by atoms with Gasteiger partial charge in [0.15, 0.2) is 0 Å². The molecule has 72 valence electrons. The number of allylic oxidation sites excluding steroid dienone is 2. The van der Waals surface area contributed by atoms with E-state index in [1.54, 1.807) is 5.57 Å². The minimum absolute atomic E-state index is 0.926. The second kappa shape index (κ2) is 6.28. The lowest BCUT2D eigenvalue weighted by Gasteiger charge is -2.26. The van der Waals surface area contributed by atoms with Gasteiger partial charge >= 0.3 is 0 Å². The molecule has 0 saturated carbocycles. The third-order valence-electron chi connectivity index (χ3n) is 2.74. The molecular weight excluding hydrogens is 144 g/mol. The summed E-state index contributed by atoms with van der Waals surface area (Å²) in [6.07, 6.45) is 6.42. The van der Waals surface area contributed by atoms with Gasteiger partial charge in [-0.25, -0.2) is 0 Å². The predicted octanol–water partition coefficient (Wildman–Crippen LogP) is 4.42. The van der Waals surface area contributed by atoms with Crippen LogP contribution in [-0.4, -0.2) is 0 Å². The Morgan fingerprint density at radius 2 is 2.00 bits per heavy atom. The summed E-state index contributed by atoms with van der Waals surface area (Å²) in [7, 11) is 0. The van der Waals surface area contributed by atoms with E-state index in [2.05, 4.69) is 26.8 Å². The highest BCUT2D eigenvalue weighted by Crippen LogP contribution is 2.30. The molecule has 0 heteroatoms. The molecule has 0 aromatic carbocycles. The van der Waals surface area contributed by atoms with E-state index in [9.17, 15) is 0 Å². The van der Waals surface area contributed by atoms with Crippen LogP contribution in [0.25, 0.3) is 0 Å². The molecule has 0 nitrogen and oxygen atoms in total. The fraction of sp³-hybridized carbons (Fsp3) is 0.833. The summed E-state index contributed by atoms with van der Waals surface area (Å²) >= 11 is 0. The molecule has 12 heavy (non-hydrogen) atoms. The SMILES string of the molecule is CC.CCC1CC=C(C)C[C@H]1C. The van der Waals surface area contributed by atoms with Crippen LogP contribution in [0.2, 0.25) is 0 Å². The van der Waals surface area contributed by atoms with Crippen molar-refractivity contribution in [1.82, 2.24) is 0 Å². The van der Waals surface area contributed by atoms with Crippen LogP contribution >= 0.6 is 0 Å². The number of hydrogen-bond acceptors (Lipinski definition) is 0. The minimum Gasteiger partial charge on any atom is -0.0853 e. The van der Waals surface area contributed by atoms with E-state index in [1.807, 2.05) is 13.8 Å². The molecule has 0 saturated heterocycles. The van der Waals surface area contributed by atoms with Crippen molar-refractivity contribution in [2.75, 3.05) is 0 Å². The Morgan fingerprint density at radius 1 is 1.42 bits per heavy atom. The van der Waals surface area contributed by atoms with Crippen LogP contribution in [-0.2, 0) is 0 Å². The summed E-state index contributed by atoms with van der Waals surface area (Å²) in [5.74, 6) is 1.89. The molecule has 0 N–H and O–H groups in total. The molecule has 1 aliphatic rings. The number of hydrogen-bond donors (Lipinski definition) is 0. The van der Waals surface area contributed by atoms with Crippen molar-refractivity contribution in [2.45, 2.75) is 53.9 Å².